The highest BCUT2D eigenvalue weighted by atomic mass is 14.2. The molecule has 0 aliphatic carbocycles. The molecule has 0 radical (unpaired) electrons. The Morgan fingerprint density at radius 3 is 1.71 bits per heavy atom. The van der Waals surface area contributed by atoms with E-state index in [1.807, 2.05) is 36.4 Å². The fraction of sp³-hybridized carbons (Fsp3) is 0.278. The van der Waals surface area contributed by atoms with Crippen molar-refractivity contribution in [2.45, 2.75) is 65.7 Å². The molecule has 4 aromatic rings. The Morgan fingerprint density at radius 2 is 1.08 bits per heavy atom. The van der Waals surface area contributed by atoms with Crippen LogP contribution in [-0.4, -0.2) is 0 Å². The van der Waals surface area contributed by atoms with Gasteiger partial charge in [0.2, 0.25) is 0 Å². The minimum atomic E-state index is 0.697. The number of hydrogen-bond acceptors (Lipinski definition) is 2. The van der Waals surface area contributed by atoms with Crippen LogP contribution in [0.3, 0.4) is 0 Å². The van der Waals surface area contributed by atoms with Gasteiger partial charge in [0.15, 0.2) is 0 Å². The number of unbranched alkanes of at least 4 members (excludes halogenated alkanes) is 4. The van der Waals surface area contributed by atoms with Crippen LogP contribution in [0.4, 0.5) is 0 Å². The van der Waals surface area contributed by atoms with Gasteiger partial charge in [0.1, 0.15) is 0 Å². The molecule has 2 nitrogen and oxygen atoms in total. The van der Waals surface area contributed by atoms with E-state index < -0.39 is 0 Å². The molecule has 0 heterocycles. The first kappa shape index (κ1) is 26.9. The third kappa shape index (κ3) is 6.59. The molecule has 0 fully saturated rings. The molecular formula is C36H36N2. The Balaban J connectivity index is 1.20. The van der Waals surface area contributed by atoms with Gasteiger partial charge < -0.3 is 0 Å². The minimum Gasteiger partial charge on any atom is -0.192 e. The molecule has 0 atom stereocenters. The molecule has 4 rings (SSSR count). The third-order valence-electron chi connectivity index (χ3n) is 7.76. The highest BCUT2D eigenvalue weighted by Gasteiger charge is 2.11. The summed E-state index contributed by atoms with van der Waals surface area (Å²) in [6.07, 6.45) is 8.54. The summed E-state index contributed by atoms with van der Waals surface area (Å²) in [7, 11) is 0. The van der Waals surface area contributed by atoms with Gasteiger partial charge in [-0.15, -0.1) is 0 Å². The second kappa shape index (κ2) is 12.9. The zero-order valence-electron chi connectivity index (χ0n) is 22.8. The molecule has 38 heavy (non-hydrogen) atoms. The average molecular weight is 497 g/mol. The van der Waals surface area contributed by atoms with Crippen LogP contribution in [0.15, 0.2) is 78.9 Å². The SMILES string of the molecule is Cc1cc(C#N)ccc1-c1ccc(CCCCCCCc2ccc(-c3ccc(C#N)cc3)cc2)c(C)c1C. The van der Waals surface area contributed by atoms with E-state index in [1.165, 1.54) is 71.0 Å². The zero-order chi connectivity index (χ0) is 26.9. The van der Waals surface area contributed by atoms with E-state index in [1.54, 1.807) is 0 Å². The van der Waals surface area contributed by atoms with Gasteiger partial charge in [0, 0.05) is 0 Å². The Labute approximate surface area is 228 Å². The summed E-state index contributed by atoms with van der Waals surface area (Å²) in [4.78, 5) is 0. The first-order chi connectivity index (χ1) is 18.5. The first-order valence-corrected chi connectivity index (χ1v) is 13.7. The van der Waals surface area contributed by atoms with Crippen LogP contribution in [0, 0.1) is 43.4 Å². The summed E-state index contributed by atoms with van der Waals surface area (Å²) in [6.45, 7) is 6.56. The maximum absolute atomic E-state index is 9.16. The Bertz CT molecular complexity index is 1460. The molecule has 0 unspecified atom stereocenters. The van der Waals surface area contributed by atoms with E-state index in [-0.39, 0.29) is 0 Å². The van der Waals surface area contributed by atoms with Crippen LogP contribution in [0.25, 0.3) is 22.3 Å². The average Bonchev–Trinajstić information content (AvgIpc) is 2.95. The summed E-state index contributed by atoms with van der Waals surface area (Å²) in [5.41, 5.74) is 13.0. The van der Waals surface area contributed by atoms with Gasteiger partial charge >= 0.3 is 0 Å². The smallest absolute Gasteiger partial charge is 0.0991 e. The lowest BCUT2D eigenvalue weighted by molar-refractivity contribution is 0.613. The predicted molar refractivity (Wildman–Crippen MR) is 158 cm³/mol. The van der Waals surface area contributed by atoms with Crippen molar-refractivity contribution >= 4 is 0 Å². The lowest BCUT2D eigenvalue weighted by atomic mass is 9.89. The van der Waals surface area contributed by atoms with Gasteiger partial charge in [-0.3, -0.25) is 0 Å². The Morgan fingerprint density at radius 1 is 0.526 bits per heavy atom. The molecular weight excluding hydrogens is 460 g/mol. The lowest BCUT2D eigenvalue weighted by Gasteiger charge is -2.15. The van der Waals surface area contributed by atoms with Crippen LogP contribution in [0.5, 0.6) is 0 Å². The molecule has 0 aliphatic heterocycles. The second-order valence-corrected chi connectivity index (χ2v) is 10.3. The minimum absolute atomic E-state index is 0.697. The van der Waals surface area contributed by atoms with Crippen LogP contribution in [0.2, 0.25) is 0 Å². The van der Waals surface area contributed by atoms with Crippen molar-refractivity contribution in [3.05, 3.63) is 118 Å². The Kier molecular flexibility index (Phi) is 9.13. The van der Waals surface area contributed by atoms with E-state index in [9.17, 15) is 0 Å². The van der Waals surface area contributed by atoms with Crippen LogP contribution < -0.4 is 0 Å². The third-order valence-corrected chi connectivity index (χ3v) is 7.76. The number of benzene rings is 4. The van der Waals surface area contributed by atoms with Gasteiger partial charge in [0.25, 0.3) is 0 Å². The van der Waals surface area contributed by atoms with Gasteiger partial charge in [-0.2, -0.15) is 10.5 Å². The van der Waals surface area contributed by atoms with Gasteiger partial charge in [-0.05, 0) is 121 Å². The van der Waals surface area contributed by atoms with Crippen molar-refractivity contribution in [3.63, 3.8) is 0 Å². The van der Waals surface area contributed by atoms with E-state index in [4.69, 9.17) is 10.5 Å². The molecule has 0 bridgehead atoms. The van der Waals surface area contributed by atoms with Gasteiger partial charge in [-0.25, -0.2) is 0 Å². The Hall–Kier alpha value is -4.14. The normalized spacial score (nSPS) is 10.7. The van der Waals surface area contributed by atoms with Crippen LogP contribution >= 0.6 is 0 Å². The highest BCUT2D eigenvalue weighted by Crippen LogP contribution is 2.31. The number of nitriles is 2. The zero-order valence-corrected chi connectivity index (χ0v) is 22.8. The molecule has 2 heteroatoms. The fourth-order valence-corrected chi connectivity index (χ4v) is 5.25. The van der Waals surface area contributed by atoms with Gasteiger partial charge in [-0.1, -0.05) is 73.9 Å². The van der Waals surface area contributed by atoms with Crippen molar-refractivity contribution in [1.82, 2.24) is 0 Å². The summed E-state index contributed by atoms with van der Waals surface area (Å²) < 4.78 is 0. The number of rotatable bonds is 10. The molecule has 0 saturated carbocycles. The van der Waals surface area contributed by atoms with E-state index in [2.05, 4.69) is 75.4 Å². The lowest BCUT2D eigenvalue weighted by Crippen LogP contribution is -1.97. The molecule has 0 N–H and O–H groups in total. The predicted octanol–water partition coefficient (Wildman–Crippen LogP) is 9.42. The summed E-state index contributed by atoms with van der Waals surface area (Å²) in [6, 6.07) is 31.6. The molecule has 4 aromatic carbocycles. The van der Waals surface area contributed by atoms with Crippen LogP contribution in [0.1, 0.15) is 71.0 Å². The molecule has 0 saturated heterocycles. The van der Waals surface area contributed by atoms with Crippen molar-refractivity contribution < 1.29 is 0 Å². The van der Waals surface area contributed by atoms with Gasteiger partial charge in [0.05, 0.1) is 23.3 Å². The maximum Gasteiger partial charge on any atom is 0.0991 e. The number of aryl methyl sites for hydroxylation is 3. The highest BCUT2D eigenvalue weighted by molar-refractivity contribution is 5.73. The van der Waals surface area contributed by atoms with E-state index in [0.29, 0.717) is 5.56 Å². The molecule has 0 amide bonds. The second-order valence-electron chi connectivity index (χ2n) is 10.3. The monoisotopic (exact) mass is 496 g/mol. The van der Waals surface area contributed by atoms with Crippen molar-refractivity contribution in [2.75, 3.05) is 0 Å². The summed E-state index contributed by atoms with van der Waals surface area (Å²) in [5, 5.41) is 18.1. The number of nitrogens with zero attached hydrogens (tertiary/aromatic N) is 2. The standard InChI is InChI=1S/C36H36N2/c1-26-23-31(25-38)15-21-35(26)36-22-20-32(27(2)28(36)3)10-8-6-4-5-7-9-29-11-16-33(17-12-29)34-18-13-30(24-37)14-19-34/h11-23H,4-10H2,1-3H3. The fourth-order valence-electron chi connectivity index (χ4n) is 5.25. The van der Waals surface area contributed by atoms with E-state index >= 15 is 0 Å². The first-order valence-electron chi connectivity index (χ1n) is 13.7. The van der Waals surface area contributed by atoms with Crippen molar-refractivity contribution in [1.29, 1.82) is 10.5 Å². The van der Waals surface area contributed by atoms with Crippen molar-refractivity contribution in [2.24, 2.45) is 0 Å². The van der Waals surface area contributed by atoms with Crippen LogP contribution in [-0.2, 0) is 12.8 Å². The van der Waals surface area contributed by atoms with Crippen molar-refractivity contribution in [3.8, 4) is 34.4 Å². The molecule has 0 aromatic heterocycles. The molecule has 0 aliphatic rings. The van der Waals surface area contributed by atoms with E-state index in [0.717, 1.165) is 29.5 Å². The molecule has 0 spiro atoms. The maximum atomic E-state index is 9.16. The largest absolute Gasteiger partial charge is 0.192 e. The number of hydrogen-bond donors (Lipinski definition) is 0. The molecule has 190 valence electrons. The quantitative estimate of drug-likeness (QED) is 0.205. The topological polar surface area (TPSA) is 47.6 Å². The summed E-state index contributed by atoms with van der Waals surface area (Å²) in [5.74, 6) is 0. The summed E-state index contributed by atoms with van der Waals surface area (Å²) >= 11 is 0.